The van der Waals surface area contributed by atoms with Gasteiger partial charge in [-0.3, -0.25) is 9.88 Å². The molecular weight excluding hydrogens is 362 g/mol. The molecule has 5 heteroatoms. The molecule has 0 saturated carbocycles. The molecule has 148 valence electrons. The molecule has 0 amide bonds. The highest BCUT2D eigenvalue weighted by molar-refractivity contribution is 5.99. The van der Waals surface area contributed by atoms with Gasteiger partial charge in [0.2, 0.25) is 0 Å². The van der Waals surface area contributed by atoms with Crippen molar-refractivity contribution in [3.63, 3.8) is 0 Å². The maximum Gasteiger partial charge on any atom is 0.335 e. The minimum atomic E-state index is -0.883. The van der Waals surface area contributed by atoms with Crippen molar-refractivity contribution in [1.82, 2.24) is 9.88 Å². The Morgan fingerprint density at radius 2 is 1.79 bits per heavy atom. The molecule has 0 unspecified atom stereocenters. The van der Waals surface area contributed by atoms with Gasteiger partial charge in [0.25, 0.3) is 0 Å². The molecule has 2 aromatic carbocycles. The molecule has 1 N–H and O–H groups in total. The lowest BCUT2D eigenvalue weighted by atomic mass is 10.0. The van der Waals surface area contributed by atoms with E-state index >= 15 is 0 Å². The zero-order valence-electron chi connectivity index (χ0n) is 16.5. The molecule has 0 bridgehead atoms. The number of hydrogen-bond acceptors (Lipinski definition) is 4. The van der Waals surface area contributed by atoms with Crippen LogP contribution in [0.4, 0.5) is 5.69 Å². The average Bonchev–Trinajstić information content (AvgIpc) is 3.21. The van der Waals surface area contributed by atoms with E-state index in [1.54, 1.807) is 6.07 Å². The minimum absolute atomic E-state index is 0.334. The first kappa shape index (κ1) is 18.1. The number of benzene rings is 2. The summed E-state index contributed by atoms with van der Waals surface area (Å²) in [6.07, 6.45) is 3.19. The van der Waals surface area contributed by atoms with Crippen molar-refractivity contribution in [3.8, 4) is 0 Å². The fraction of sp³-hybridized carbons (Fsp3) is 0.333. The number of carboxylic acids is 1. The van der Waals surface area contributed by atoms with Crippen molar-refractivity contribution in [1.29, 1.82) is 0 Å². The maximum absolute atomic E-state index is 11.5. The number of aromatic carboxylic acids is 1. The third-order valence-electron chi connectivity index (χ3n) is 6.17. The van der Waals surface area contributed by atoms with E-state index in [4.69, 9.17) is 4.98 Å². The Morgan fingerprint density at radius 1 is 1.00 bits per heavy atom. The van der Waals surface area contributed by atoms with Crippen LogP contribution >= 0.6 is 0 Å². The number of aromatic nitrogens is 1. The van der Waals surface area contributed by atoms with Crippen molar-refractivity contribution >= 4 is 22.6 Å². The van der Waals surface area contributed by atoms with Crippen LogP contribution in [-0.2, 0) is 19.4 Å². The highest BCUT2D eigenvalue weighted by Crippen LogP contribution is 2.37. The van der Waals surface area contributed by atoms with Gasteiger partial charge in [-0.2, -0.15) is 0 Å². The lowest BCUT2D eigenvalue weighted by Crippen LogP contribution is -2.46. The van der Waals surface area contributed by atoms with Crippen molar-refractivity contribution in [2.75, 3.05) is 31.1 Å². The van der Waals surface area contributed by atoms with Crippen LogP contribution in [-0.4, -0.2) is 47.1 Å². The fourth-order valence-corrected chi connectivity index (χ4v) is 4.70. The Labute approximate surface area is 170 Å². The van der Waals surface area contributed by atoms with Crippen LogP contribution in [0.1, 0.15) is 33.6 Å². The standard InChI is InChI=1S/C24H25N3O2/c28-24(29)18-9-10-22-20(15-18)23(19-7-4-8-21(19)25-22)27-13-11-26(12-14-27)16-17-5-2-1-3-6-17/h1-3,5-6,9-10,15H,4,7-8,11-14,16H2,(H,28,29). The summed E-state index contributed by atoms with van der Waals surface area (Å²) in [6, 6.07) is 16.0. The number of hydrogen-bond donors (Lipinski definition) is 1. The third kappa shape index (κ3) is 3.47. The van der Waals surface area contributed by atoms with Crippen molar-refractivity contribution in [2.45, 2.75) is 25.8 Å². The molecule has 1 saturated heterocycles. The number of piperazine rings is 1. The maximum atomic E-state index is 11.5. The summed E-state index contributed by atoms with van der Waals surface area (Å²) in [6.45, 7) is 4.90. The van der Waals surface area contributed by atoms with Crippen LogP contribution in [0.25, 0.3) is 10.9 Å². The van der Waals surface area contributed by atoms with Gasteiger partial charge in [0.1, 0.15) is 0 Å². The van der Waals surface area contributed by atoms with E-state index in [1.807, 2.05) is 12.1 Å². The molecule has 5 nitrogen and oxygen atoms in total. The molecule has 3 aromatic rings. The van der Waals surface area contributed by atoms with Gasteiger partial charge in [-0.25, -0.2) is 4.79 Å². The molecule has 5 rings (SSSR count). The molecule has 1 aliphatic heterocycles. The zero-order valence-corrected chi connectivity index (χ0v) is 16.5. The van der Waals surface area contributed by atoms with Gasteiger partial charge in [-0.15, -0.1) is 0 Å². The lowest BCUT2D eigenvalue weighted by Gasteiger charge is -2.37. The van der Waals surface area contributed by atoms with Crippen LogP contribution in [0.2, 0.25) is 0 Å². The fourth-order valence-electron chi connectivity index (χ4n) is 4.70. The Morgan fingerprint density at radius 3 is 2.55 bits per heavy atom. The monoisotopic (exact) mass is 387 g/mol. The summed E-state index contributed by atoms with van der Waals surface area (Å²) < 4.78 is 0. The predicted molar refractivity (Wildman–Crippen MR) is 115 cm³/mol. The van der Waals surface area contributed by atoms with E-state index < -0.39 is 5.97 Å². The highest BCUT2D eigenvalue weighted by atomic mass is 16.4. The lowest BCUT2D eigenvalue weighted by molar-refractivity contribution is 0.0697. The Bertz CT molecular complexity index is 1060. The molecule has 1 fully saturated rings. The van der Waals surface area contributed by atoms with Crippen LogP contribution in [0, 0.1) is 0 Å². The highest BCUT2D eigenvalue weighted by Gasteiger charge is 2.26. The summed E-state index contributed by atoms with van der Waals surface area (Å²) in [5.41, 5.74) is 6.35. The van der Waals surface area contributed by atoms with Crippen LogP contribution < -0.4 is 4.90 Å². The number of carboxylic acid groups (broad SMARTS) is 1. The molecule has 1 aromatic heterocycles. The minimum Gasteiger partial charge on any atom is -0.478 e. The predicted octanol–water partition coefficient (Wildman–Crippen LogP) is 3.74. The normalized spacial score (nSPS) is 16.9. The van der Waals surface area contributed by atoms with E-state index in [9.17, 15) is 9.90 Å². The quantitative estimate of drug-likeness (QED) is 0.739. The molecule has 29 heavy (non-hydrogen) atoms. The Hall–Kier alpha value is -2.92. The van der Waals surface area contributed by atoms with Gasteiger partial charge in [0.05, 0.1) is 16.8 Å². The van der Waals surface area contributed by atoms with Gasteiger partial charge in [0, 0.05) is 43.8 Å². The molecule has 1 aliphatic carbocycles. The summed E-state index contributed by atoms with van der Waals surface area (Å²) in [5.74, 6) is -0.883. The van der Waals surface area contributed by atoms with Crippen molar-refractivity contribution < 1.29 is 9.90 Å². The smallest absolute Gasteiger partial charge is 0.335 e. The van der Waals surface area contributed by atoms with Crippen LogP contribution in [0.5, 0.6) is 0 Å². The first-order valence-corrected chi connectivity index (χ1v) is 10.4. The molecule has 0 radical (unpaired) electrons. The molecule has 2 heterocycles. The number of fused-ring (bicyclic) bond motifs is 2. The SMILES string of the molecule is O=C(O)c1ccc2nc3c(c(N4CCN(Cc5ccccc5)CC4)c2c1)CCC3. The van der Waals surface area contributed by atoms with E-state index in [2.05, 4.69) is 40.1 Å². The third-order valence-corrected chi connectivity index (χ3v) is 6.17. The van der Waals surface area contributed by atoms with Crippen molar-refractivity contribution in [3.05, 3.63) is 70.9 Å². The number of pyridine rings is 1. The number of carbonyl (C=O) groups is 1. The van der Waals surface area contributed by atoms with E-state index in [1.165, 1.54) is 22.5 Å². The first-order valence-electron chi connectivity index (χ1n) is 10.4. The summed E-state index contributed by atoms with van der Waals surface area (Å²) >= 11 is 0. The number of rotatable bonds is 4. The number of anilines is 1. The molecular formula is C24H25N3O2. The van der Waals surface area contributed by atoms with Gasteiger partial charge >= 0.3 is 5.97 Å². The largest absolute Gasteiger partial charge is 0.478 e. The van der Waals surface area contributed by atoms with E-state index in [0.29, 0.717) is 5.56 Å². The summed E-state index contributed by atoms with van der Waals surface area (Å²) in [4.78, 5) is 21.4. The zero-order chi connectivity index (χ0) is 19.8. The number of aryl methyl sites for hydroxylation is 1. The summed E-state index contributed by atoms with van der Waals surface area (Å²) in [7, 11) is 0. The first-order chi connectivity index (χ1) is 14.2. The topological polar surface area (TPSA) is 56.7 Å². The molecule has 0 spiro atoms. The number of nitrogens with zero attached hydrogens (tertiary/aromatic N) is 3. The van der Waals surface area contributed by atoms with Gasteiger partial charge in [0.15, 0.2) is 0 Å². The second kappa shape index (κ2) is 7.48. The van der Waals surface area contributed by atoms with Gasteiger partial charge in [-0.05, 0) is 48.6 Å². The van der Waals surface area contributed by atoms with E-state index in [0.717, 1.165) is 62.9 Å². The van der Waals surface area contributed by atoms with Crippen LogP contribution in [0.15, 0.2) is 48.5 Å². The summed E-state index contributed by atoms with van der Waals surface area (Å²) in [5, 5.41) is 10.5. The van der Waals surface area contributed by atoms with Gasteiger partial charge < -0.3 is 10.0 Å². The average molecular weight is 387 g/mol. The molecule has 2 aliphatic rings. The van der Waals surface area contributed by atoms with E-state index in [-0.39, 0.29) is 0 Å². The Balaban J connectivity index is 1.45. The second-order valence-corrected chi connectivity index (χ2v) is 8.03. The van der Waals surface area contributed by atoms with Gasteiger partial charge in [-0.1, -0.05) is 30.3 Å². The van der Waals surface area contributed by atoms with Crippen molar-refractivity contribution in [2.24, 2.45) is 0 Å². The molecule has 0 atom stereocenters. The Kier molecular flexibility index (Phi) is 4.68. The van der Waals surface area contributed by atoms with Crippen LogP contribution in [0.3, 0.4) is 0 Å². The second-order valence-electron chi connectivity index (χ2n) is 8.03.